The van der Waals surface area contributed by atoms with Crippen LogP contribution in [0.15, 0.2) is 29.2 Å². The second-order valence-electron chi connectivity index (χ2n) is 3.30. The lowest BCUT2D eigenvalue weighted by molar-refractivity contribution is 0.384. The van der Waals surface area contributed by atoms with Crippen molar-refractivity contribution >= 4 is 23.4 Å². The van der Waals surface area contributed by atoms with Gasteiger partial charge in [0.15, 0.2) is 0 Å². The summed E-state index contributed by atoms with van der Waals surface area (Å²) in [5.74, 6) is 1.11. The van der Waals surface area contributed by atoms with Gasteiger partial charge in [0, 0.05) is 4.90 Å². The summed E-state index contributed by atoms with van der Waals surface area (Å²) in [5, 5.41) is 0. The Labute approximate surface area is 95.4 Å². The number of benzene rings is 1. The van der Waals surface area contributed by atoms with Crippen molar-refractivity contribution in [3.05, 3.63) is 29.8 Å². The maximum absolute atomic E-state index is 6.19. The van der Waals surface area contributed by atoms with Crippen LogP contribution in [0, 0.1) is 0 Å². The molecule has 1 unspecified atom stereocenters. The monoisotopic (exact) mass is 229 g/mol. The molecule has 1 aromatic carbocycles. The molecule has 0 aliphatic heterocycles. The number of hydrogen-bond donors (Lipinski definition) is 0. The zero-order valence-corrected chi connectivity index (χ0v) is 10.4. The highest BCUT2D eigenvalue weighted by Crippen LogP contribution is 2.25. The summed E-state index contributed by atoms with van der Waals surface area (Å²) in [6.07, 6.45) is 0. The molecular formula is C11H16ClNS. The molecule has 3 heteroatoms. The van der Waals surface area contributed by atoms with Gasteiger partial charge in [-0.3, -0.25) is 4.90 Å². The number of halogens is 1. The minimum absolute atomic E-state index is 0.0318. The number of alkyl halides is 1. The molecule has 0 aromatic heterocycles. The van der Waals surface area contributed by atoms with Gasteiger partial charge in [-0.05, 0) is 37.5 Å². The van der Waals surface area contributed by atoms with E-state index in [4.69, 9.17) is 11.6 Å². The van der Waals surface area contributed by atoms with Crippen LogP contribution in [0.2, 0.25) is 0 Å². The predicted octanol–water partition coefficient (Wildman–Crippen LogP) is 3.60. The number of rotatable bonds is 4. The Hall–Kier alpha value is -0.180. The largest absolute Gasteiger partial charge is 0.290 e. The lowest BCUT2D eigenvalue weighted by Crippen LogP contribution is -2.14. The molecule has 0 saturated heterocycles. The van der Waals surface area contributed by atoms with Crippen molar-refractivity contribution in [1.29, 1.82) is 0 Å². The van der Waals surface area contributed by atoms with Gasteiger partial charge < -0.3 is 0 Å². The van der Waals surface area contributed by atoms with E-state index in [1.807, 2.05) is 30.8 Å². The molecule has 1 rings (SSSR count). The third kappa shape index (κ3) is 3.19. The second kappa shape index (κ2) is 5.64. The third-order valence-electron chi connectivity index (χ3n) is 1.92. The van der Waals surface area contributed by atoms with Crippen molar-refractivity contribution in [3.8, 4) is 0 Å². The highest BCUT2D eigenvalue weighted by molar-refractivity contribution is 7.99. The topological polar surface area (TPSA) is 3.24 Å². The smallest absolute Gasteiger partial charge is 0.110 e. The van der Waals surface area contributed by atoms with Crippen molar-refractivity contribution < 1.29 is 0 Å². The normalized spacial score (nSPS) is 13.2. The van der Waals surface area contributed by atoms with Crippen LogP contribution in [0.4, 0.5) is 0 Å². The maximum Gasteiger partial charge on any atom is 0.110 e. The SMILES string of the molecule is CCSc1ccc(C(Cl)N(C)C)cc1. The zero-order valence-electron chi connectivity index (χ0n) is 8.83. The lowest BCUT2D eigenvalue weighted by atomic mass is 10.2. The number of thioether (sulfide) groups is 1. The van der Waals surface area contributed by atoms with Gasteiger partial charge in [0.25, 0.3) is 0 Å². The summed E-state index contributed by atoms with van der Waals surface area (Å²) in [4.78, 5) is 3.29. The molecule has 0 aliphatic rings. The van der Waals surface area contributed by atoms with Crippen LogP contribution in [-0.4, -0.2) is 24.7 Å². The summed E-state index contributed by atoms with van der Waals surface area (Å²) >= 11 is 8.04. The van der Waals surface area contributed by atoms with Crippen molar-refractivity contribution in [2.45, 2.75) is 17.3 Å². The molecule has 0 heterocycles. The Kier molecular flexibility index (Phi) is 4.79. The van der Waals surface area contributed by atoms with Crippen LogP contribution in [0.1, 0.15) is 18.0 Å². The summed E-state index contributed by atoms with van der Waals surface area (Å²) in [7, 11) is 3.96. The highest BCUT2D eigenvalue weighted by Gasteiger charge is 2.09. The second-order valence-corrected chi connectivity index (χ2v) is 5.05. The lowest BCUT2D eigenvalue weighted by Gasteiger charge is -2.17. The standard InChI is InChI=1S/C11H16ClNS/c1-4-14-10-7-5-9(6-8-10)11(12)13(2)3/h5-8,11H,4H2,1-3H3. The van der Waals surface area contributed by atoms with E-state index in [0.29, 0.717) is 0 Å². The van der Waals surface area contributed by atoms with Crippen molar-refractivity contribution in [2.24, 2.45) is 0 Å². The molecule has 0 fully saturated rings. The predicted molar refractivity (Wildman–Crippen MR) is 65.1 cm³/mol. The fourth-order valence-electron chi connectivity index (χ4n) is 1.19. The molecule has 0 spiro atoms. The van der Waals surface area contributed by atoms with Gasteiger partial charge in [-0.2, -0.15) is 0 Å². The molecule has 0 bridgehead atoms. The molecule has 78 valence electrons. The zero-order chi connectivity index (χ0) is 10.6. The van der Waals surface area contributed by atoms with E-state index < -0.39 is 0 Å². The molecule has 1 atom stereocenters. The van der Waals surface area contributed by atoms with E-state index in [9.17, 15) is 0 Å². The Morgan fingerprint density at radius 3 is 2.29 bits per heavy atom. The summed E-state index contributed by atoms with van der Waals surface area (Å²) < 4.78 is 0. The van der Waals surface area contributed by atoms with E-state index in [1.165, 1.54) is 4.90 Å². The van der Waals surface area contributed by atoms with Crippen LogP contribution in [0.3, 0.4) is 0 Å². The molecule has 0 radical (unpaired) electrons. The third-order valence-corrected chi connectivity index (χ3v) is 3.46. The summed E-state index contributed by atoms with van der Waals surface area (Å²) in [6, 6.07) is 8.44. The number of nitrogens with zero attached hydrogens (tertiary/aromatic N) is 1. The van der Waals surface area contributed by atoms with Gasteiger partial charge in [0.05, 0.1) is 0 Å². The Bertz CT molecular complexity index is 271. The fourth-order valence-corrected chi connectivity index (χ4v) is 2.00. The van der Waals surface area contributed by atoms with Gasteiger partial charge in [-0.1, -0.05) is 19.1 Å². The minimum Gasteiger partial charge on any atom is -0.290 e. The van der Waals surface area contributed by atoms with Gasteiger partial charge in [0.1, 0.15) is 5.50 Å². The first kappa shape index (κ1) is 11.9. The Balaban J connectivity index is 2.72. The van der Waals surface area contributed by atoms with Gasteiger partial charge in [-0.15, -0.1) is 23.4 Å². The average Bonchev–Trinajstić information content (AvgIpc) is 2.18. The quantitative estimate of drug-likeness (QED) is 0.441. The first-order valence-electron chi connectivity index (χ1n) is 4.68. The molecule has 1 aromatic rings. The number of hydrogen-bond acceptors (Lipinski definition) is 2. The van der Waals surface area contributed by atoms with E-state index in [1.54, 1.807) is 0 Å². The molecular weight excluding hydrogens is 214 g/mol. The van der Waals surface area contributed by atoms with Crippen LogP contribution < -0.4 is 0 Å². The molecule has 1 nitrogen and oxygen atoms in total. The van der Waals surface area contributed by atoms with Crippen molar-refractivity contribution in [3.63, 3.8) is 0 Å². The van der Waals surface area contributed by atoms with Crippen molar-refractivity contribution in [2.75, 3.05) is 19.8 Å². The van der Waals surface area contributed by atoms with Crippen LogP contribution in [0.25, 0.3) is 0 Å². The van der Waals surface area contributed by atoms with E-state index in [2.05, 4.69) is 31.2 Å². The van der Waals surface area contributed by atoms with Gasteiger partial charge in [-0.25, -0.2) is 0 Å². The average molecular weight is 230 g/mol. The highest BCUT2D eigenvalue weighted by atomic mass is 35.5. The Morgan fingerprint density at radius 1 is 1.29 bits per heavy atom. The van der Waals surface area contributed by atoms with Crippen LogP contribution in [-0.2, 0) is 0 Å². The first-order chi connectivity index (χ1) is 6.65. The van der Waals surface area contributed by atoms with Crippen LogP contribution >= 0.6 is 23.4 Å². The first-order valence-corrected chi connectivity index (χ1v) is 6.10. The molecule has 0 amide bonds. The van der Waals surface area contributed by atoms with Crippen molar-refractivity contribution in [1.82, 2.24) is 4.90 Å². The minimum atomic E-state index is -0.0318. The molecule has 0 N–H and O–H groups in total. The van der Waals surface area contributed by atoms with E-state index in [-0.39, 0.29) is 5.50 Å². The maximum atomic E-state index is 6.19. The van der Waals surface area contributed by atoms with Crippen LogP contribution in [0.5, 0.6) is 0 Å². The van der Waals surface area contributed by atoms with E-state index >= 15 is 0 Å². The fraction of sp³-hybridized carbons (Fsp3) is 0.455. The molecule has 0 saturated carbocycles. The molecule has 0 aliphatic carbocycles. The van der Waals surface area contributed by atoms with E-state index in [0.717, 1.165) is 11.3 Å². The summed E-state index contributed by atoms with van der Waals surface area (Å²) in [5.41, 5.74) is 1.12. The van der Waals surface area contributed by atoms with Gasteiger partial charge >= 0.3 is 0 Å². The summed E-state index contributed by atoms with van der Waals surface area (Å²) in [6.45, 7) is 2.16. The molecule has 14 heavy (non-hydrogen) atoms. The Morgan fingerprint density at radius 2 is 1.86 bits per heavy atom. The van der Waals surface area contributed by atoms with Gasteiger partial charge in [0.2, 0.25) is 0 Å².